The topological polar surface area (TPSA) is 92.8 Å². The molecule has 1 saturated heterocycles. The van der Waals surface area contributed by atoms with Gasteiger partial charge in [0.25, 0.3) is 5.91 Å². The number of nitrogens with zero attached hydrogens (tertiary/aromatic N) is 1. The summed E-state index contributed by atoms with van der Waals surface area (Å²) >= 11 is 0. The molecule has 3 rings (SSSR count). The van der Waals surface area contributed by atoms with E-state index < -0.39 is 24.4 Å². The molecule has 1 fully saturated rings. The lowest BCUT2D eigenvalue weighted by atomic mass is 10.1. The van der Waals surface area contributed by atoms with Crippen molar-refractivity contribution in [1.29, 1.82) is 0 Å². The summed E-state index contributed by atoms with van der Waals surface area (Å²) in [4.78, 5) is 49.9. The van der Waals surface area contributed by atoms with Gasteiger partial charge in [-0.1, -0.05) is 42.5 Å². The van der Waals surface area contributed by atoms with Gasteiger partial charge in [0.2, 0.25) is 5.91 Å². The van der Waals surface area contributed by atoms with Crippen molar-refractivity contribution < 1.29 is 23.9 Å². The molecule has 1 heterocycles. The Balaban J connectivity index is 1.46. The highest BCUT2D eigenvalue weighted by molar-refractivity contribution is 6.04. The number of nitrogens with one attached hydrogen (secondary N) is 1. The number of amides is 2. The maximum atomic E-state index is 12.3. The van der Waals surface area contributed by atoms with Crippen molar-refractivity contribution in [2.45, 2.75) is 19.8 Å². The lowest BCUT2D eigenvalue weighted by Crippen LogP contribution is -2.29. The van der Waals surface area contributed by atoms with E-state index in [1.807, 2.05) is 30.3 Å². The van der Waals surface area contributed by atoms with E-state index in [9.17, 15) is 19.2 Å². The van der Waals surface area contributed by atoms with Gasteiger partial charge in [0.1, 0.15) is 0 Å². The van der Waals surface area contributed by atoms with Gasteiger partial charge < -0.3 is 15.0 Å². The first-order valence-corrected chi connectivity index (χ1v) is 9.82. The predicted molar refractivity (Wildman–Crippen MR) is 111 cm³/mol. The Morgan fingerprint density at radius 1 is 1.07 bits per heavy atom. The molecule has 0 aromatic heterocycles. The highest BCUT2D eigenvalue weighted by atomic mass is 16.5. The predicted octanol–water partition coefficient (Wildman–Crippen LogP) is 2.46. The van der Waals surface area contributed by atoms with Crippen molar-refractivity contribution in [3.8, 4) is 0 Å². The number of esters is 1. The molecule has 0 saturated carbocycles. The Morgan fingerprint density at radius 2 is 1.77 bits per heavy atom. The van der Waals surface area contributed by atoms with Crippen molar-refractivity contribution in [2.75, 3.05) is 25.0 Å². The SMILES string of the molecule is CC(=O)c1ccccc1NC(=O)COC(=O)[C@@H]1CC(=O)N(CCc2ccccc2)C1. The molecule has 0 aliphatic carbocycles. The summed E-state index contributed by atoms with van der Waals surface area (Å²) in [6.45, 7) is 1.76. The maximum absolute atomic E-state index is 12.3. The highest BCUT2D eigenvalue weighted by Gasteiger charge is 2.35. The van der Waals surface area contributed by atoms with Crippen LogP contribution in [0.3, 0.4) is 0 Å². The van der Waals surface area contributed by atoms with Crippen LogP contribution in [-0.4, -0.2) is 48.2 Å². The molecule has 2 aromatic carbocycles. The van der Waals surface area contributed by atoms with Crippen LogP contribution in [0.2, 0.25) is 0 Å². The monoisotopic (exact) mass is 408 g/mol. The van der Waals surface area contributed by atoms with Gasteiger partial charge in [0, 0.05) is 25.1 Å². The normalized spacial score (nSPS) is 15.7. The molecule has 0 bridgehead atoms. The molecule has 7 nitrogen and oxygen atoms in total. The van der Waals surface area contributed by atoms with E-state index in [1.54, 1.807) is 29.2 Å². The number of Topliss-reactive ketones (excluding diaryl/α,β-unsaturated/α-hetero) is 1. The van der Waals surface area contributed by atoms with Crippen molar-refractivity contribution in [2.24, 2.45) is 5.92 Å². The zero-order valence-corrected chi connectivity index (χ0v) is 16.8. The van der Waals surface area contributed by atoms with E-state index in [2.05, 4.69) is 5.32 Å². The lowest BCUT2D eigenvalue weighted by molar-refractivity contribution is -0.151. The van der Waals surface area contributed by atoms with Crippen LogP contribution in [0.15, 0.2) is 54.6 Å². The number of ketones is 1. The Labute approximate surface area is 175 Å². The van der Waals surface area contributed by atoms with Crippen LogP contribution in [0.1, 0.15) is 29.3 Å². The first-order valence-electron chi connectivity index (χ1n) is 9.82. The summed E-state index contributed by atoms with van der Waals surface area (Å²) in [6, 6.07) is 16.4. The summed E-state index contributed by atoms with van der Waals surface area (Å²) in [6.07, 6.45) is 0.800. The molecule has 1 aliphatic heterocycles. The van der Waals surface area contributed by atoms with Crippen molar-refractivity contribution in [3.05, 3.63) is 65.7 Å². The molecule has 1 aliphatic rings. The molecule has 30 heavy (non-hydrogen) atoms. The van der Waals surface area contributed by atoms with Crippen molar-refractivity contribution in [1.82, 2.24) is 4.90 Å². The zero-order valence-electron chi connectivity index (χ0n) is 16.8. The number of likely N-dealkylation sites (tertiary alicyclic amines) is 1. The zero-order chi connectivity index (χ0) is 21.5. The Bertz CT molecular complexity index is 942. The van der Waals surface area contributed by atoms with Crippen molar-refractivity contribution in [3.63, 3.8) is 0 Å². The average Bonchev–Trinajstić information content (AvgIpc) is 3.12. The van der Waals surface area contributed by atoms with E-state index >= 15 is 0 Å². The quantitative estimate of drug-likeness (QED) is 0.535. The Morgan fingerprint density at radius 3 is 2.50 bits per heavy atom. The minimum atomic E-state index is -0.578. The van der Waals surface area contributed by atoms with E-state index in [0.717, 1.165) is 5.56 Å². The minimum Gasteiger partial charge on any atom is -0.455 e. The largest absolute Gasteiger partial charge is 0.455 e. The fourth-order valence-corrected chi connectivity index (χ4v) is 3.39. The van der Waals surface area contributed by atoms with Crippen LogP contribution in [0, 0.1) is 5.92 Å². The summed E-state index contributed by atoms with van der Waals surface area (Å²) in [5, 5.41) is 2.58. The van der Waals surface area contributed by atoms with Gasteiger partial charge in [-0.15, -0.1) is 0 Å². The molecule has 156 valence electrons. The van der Waals surface area contributed by atoms with E-state index in [1.165, 1.54) is 6.92 Å². The summed E-state index contributed by atoms with van der Waals surface area (Å²) in [7, 11) is 0. The second-order valence-corrected chi connectivity index (χ2v) is 7.23. The first-order chi connectivity index (χ1) is 14.4. The molecular formula is C23H24N2O5. The standard InChI is InChI=1S/C23H24N2O5/c1-16(26)19-9-5-6-10-20(19)24-21(27)15-30-23(29)18-13-22(28)25(14-18)12-11-17-7-3-2-4-8-17/h2-10,18H,11-15H2,1H3,(H,24,27)/t18-/m1/s1. The van der Waals surface area contributed by atoms with Crippen molar-refractivity contribution >= 4 is 29.3 Å². The van der Waals surface area contributed by atoms with Gasteiger partial charge in [-0.05, 0) is 31.0 Å². The molecule has 1 N–H and O–H groups in total. The molecule has 2 aromatic rings. The van der Waals surface area contributed by atoms with Crippen LogP contribution in [0.5, 0.6) is 0 Å². The number of carbonyl (C=O) groups is 4. The molecule has 7 heteroatoms. The number of hydrogen-bond donors (Lipinski definition) is 1. The first kappa shape index (κ1) is 21.2. The third kappa shape index (κ3) is 5.53. The third-order valence-corrected chi connectivity index (χ3v) is 4.99. The van der Waals surface area contributed by atoms with Gasteiger partial charge in [-0.25, -0.2) is 0 Å². The van der Waals surface area contributed by atoms with Gasteiger partial charge in [-0.2, -0.15) is 0 Å². The number of anilines is 1. The molecule has 0 radical (unpaired) electrons. The molecule has 1 atom stereocenters. The highest BCUT2D eigenvalue weighted by Crippen LogP contribution is 2.20. The van der Waals surface area contributed by atoms with E-state index in [0.29, 0.717) is 30.8 Å². The Hall–Kier alpha value is -3.48. The number of hydrogen-bond acceptors (Lipinski definition) is 5. The molecule has 2 amide bonds. The summed E-state index contributed by atoms with van der Waals surface area (Å²) < 4.78 is 5.10. The van der Waals surface area contributed by atoms with E-state index in [-0.39, 0.29) is 18.1 Å². The maximum Gasteiger partial charge on any atom is 0.311 e. The van der Waals surface area contributed by atoms with Crippen LogP contribution >= 0.6 is 0 Å². The van der Waals surface area contributed by atoms with Crippen LogP contribution in [0.25, 0.3) is 0 Å². The van der Waals surface area contributed by atoms with E-state index in [4.69, 9.17) is 4.74 Å². The van der Waals surface area contributed by atoms with Crippen LogP contribution < -0.4 is 5.32 Å². The summed E-state index contributed by atoms with van der Waals surface area (Å²) in [5.74, 6) is -1.95. The Kier molecular flexibility index (Phi) is 6.95. The minimum absolute atomic E-state index is 0.0857. The van der Waals surface area contributed by atoms with Crippen LogP contribution in [0.4, 0.5) is 5.69 Å². The molecule has 0 spiro atoms. The lowest BCUT2D eigenvalue weighted by Gasteiger charge is -2.16. The number of benzene rings is 2. The summed E-state index contributed by atoms with van der Waals surface area (Å²) in [5.41, 5.74) is 1.88. The van der Waals surface area contributed by atoms with Gasteiger partial charge in [0.05, 0.1) is 11.6 Å². The number of carbonyl (C=O) groups excluding carboxylic acids is 4. The number of rotatable bonds is 8. The second-order valence-electron chi connectivity index (χ2n) is 7.23. The van der Waals surface area contributed by atoms with Gasteiger partial charge in [-0.3, -0.25) is 19.2 Å². The second kappa shape index (κ2) is 9.82. The third-order valence-electron chi connectivity index (χ3n) is 4.99. The fourth-order valence-electron chi connectivity index (χ4n) is 3.39. The molecule has 0 unspecified atom stereocenters. The van der Waals surface area contributed by atoms with Gasteiger partial charge >= 0.3 is 5.97 Å². The smallest absolute Gasteiger partial charge is 0.311 e. The number of para-hydroxylation sites is 1. The average molecular weight is 408 g/mol. The van der Waals surface area contributed by atoms with Crippen LogP contribution in [-0.2, 0) is 25.5 Å². The molecular weight excluding hydrogens is 384 g/mol. The van der Waals surface area contributed by atoms with Gasteiger partial charge in [0.15, 0.2) is 12.4 Å². The fraction of sp³-hybridized carbons (Fsp3) is 0.304. The number of ether oxygens (including phenoxy) is 1.